The Balaban J connectivity index is 2.39. The molecule has 1 fully saturated rings. The van der Waals surface area contributed by atoms with E-state index in [9.17, 15) is 8.42 Å². The van der Waals surface area contributed by atoms with Crippen molar-refractivity contribution in [2.75, 3.05) is 19.7 Å². The molecule has 1 atom stereocenters. The van der Waals surface area contributed by atoms with Gasteiger partial charge in [0.15, 0.2) is 5.69 Å². The molecule has 0 saturated carbocycles. The van der Waals surface area contributed by atoms with Crippen LogP contribution in [0.1, 0.15) is 12.6 Å². The lowest BCUT2D eigenvalue weighted by molar-refractivity contribution is 0.0102. The third kappa shape index (κ3) is 2.36. The molecule has 7 heteroatoms. The van der Waals surface area contributed by atoms with Crippen LogP contribution in [0.3, 0.4) is 0 Å². The predicted molar refractivity (Wildman–Crippen MR) is 63.1 cm³/mol. The van der Waals surface area contributed by atoms with Crippen molar-refractivity contribution in [2.24, 2.45) is 0 Å². The molecule has 96 valence electrons. The third-order valence-corrected chi connectivity index (χ3v) is 4.59. The van der Waals surface area contributed by atoms with Crippen LogP contribution in [0.25, 0.3) is 0 Å². The minimum absolute atomic E-state index is 0.0402. The van der Waals surface area contributed by atoms with Gasteiger partial charge in [-0.1, -0.05) is 0 Å². The second kappa shape index (κ2) is 5.02. The van der Waals surface area contributed by atoms with E-state index in [1.165, 1.54) is 22.6 Å². The maximum Gasteiger partial charge on any atom is 0.246 e. The number of aromatic nitrogens is 1. The van der Waals surface area contributed by atoms with Crippen LogP contribution in [0.2, 0.25) is 0 Å². The summed E-state index contributed by atoms with van der Waals surface area (Å²) in [6.45, 7) is 2.77. The average Bonchev–Trinajstić information content (AvgIpc) is 2.38. The van der Waals surface area contributed by atoms with E-state index in [1.807, 2.05) is 6.92 Å². The minimum atomic E-state index is -3.67. The summed E-state index contributed by atoms with van der Waals surface area (Å²) in [5.41, 5.74) is -0.0726. The zero-order valence-corrected chi connectivity index (χ0v) is 10.7. The molecule has 1 unspecified atom stereocenters. The van der Waals surface area contributed by atoms with Crippen LogP contribution in [0.4, 0.5) is 0 Å². The van der Waals surface area contributed by atoms with Crippen LogP contribution in [-0.4, -0.2) is 43.5 Å². The van der Waals surface area contributed by atoms with Crippen LogP contribution < -0.4 is 0 Å². The van der Waals surface area contributed by atoms with Gasteiger partial charge in [-0.15, -0.1) is 0 Å². The zero-order chi connectivity index (χ0) is 13.2. The molecule has 2 rings (SSSR count). The zero-order valence-electron chi connectivity index (χ0n) is 9.91. The Morgan fingerprint density at radius 2 is 2.39 bits per heavy atom. The van der Waals surface area contributed by atoms with E-state index in [1.54, 1.807) is 6.07 Å². The fraction of sp³-hybridized carbons (Fsp3) is 0.455. The Hall–Kier alpha value is -1.49. The molecular formula is C11H13N3O3S. The number of nitriles is 1. The lowest BCUT2D eigenvalue weighted by atomic mass is 10.3. The number of ether oxygens (including phenoxy) is 1. The first-order valence-electron chi connectivity index (χ1n) is 5.52. The first-order valence-corrected chi connectivity index (χ1v) is 6.96. The van der Waals surface area contributed by atoms with Crippen LogP contribution in [0.5, 0.6) is 0 Å². The molecule has 0 amide bonds. The van der Waals surface area contributed by atoms with E-state index in [0.29, 0.717) is 19.7 Å². The Morgan fingerprint density at radius 1 is 1.61 bits per heavy atom. The Bertz CT molecular complexity index is 579. The molecule has 1 aromatic rings. The lowest BCUT2D eigenvalue weighted by Gasteiger charge is -2.30. The summed E-state index contributed by atoms with van der Waals surface area (Å²) in [5, 5.41) is 8.91. The number of pyridine rings is 1. The minimum Gasteiger partial charge on any atom is -0.376 e. The molecule has 0 aliphatic carbocycles. The van der Waals surface area contributed by atoms with E-state index in [0.717, 1.165) is 0 Å². The smallest absolute Gasteiger partial charge is 0.246 e. The molecule has 18 heavy (non-hydrogen) atoms. The standard InChI is InChI=1S/C11H13N3O3S/c1-9-8-14(5-6-17-9)18(15,16)11-3-2-4-13-10(11)7-12/h2-4,9H,5-6,8H2,1H3. The van der Waals surface area contributed by atoms with Crippen LogP contribution in [0.15, 0.2) is 23.2 Å². The normalized spacial score (nSPS) is 21.4. The molecule has 2 heterocycles. The van der Waals surface area contributed by atoms with Crippen molar-refractivity contribution < 1.29 is 13.2 Å². The number of rotatable bonds is 2. The molecule has 1 aromatic heterocycles. The predicted octanol–water partition coefficient (Wildman–Crippen LogP) is 0.363. The topological polar surface area (TPSA) is 83.3 Å². The van der Waals surface area contributed by atoms with E-state index in [2.05, 4.69) is 4.98 Å². The highest BCUT2D eigenvalue weighted by Crippen LogP contribution is 2.20. The second-order valence-corrected chi connectivity index (χ2v) is 5.91. The van der Waals surface area contributed by atoms with Gasteiger partial charge in [0, 0.05) is 19.3 Å². The van der Waals surface area contributed by atoms with E-state index >= 15 is 0 Å². The maximum atomic E-state index is 12.4. The summed E-state index contributed by atoms with van der Waals surface area (Å²) in [6, 6.07) is 4.72. The molecule has 0 N–H and O–H groups in total. The Labute approximate surface area is 106 Å². The van der Waals surface area contributed by atoms with Gasteiger partial charge >= 0.3 is 0 Å². The van der Waals surface area contributed by atoms with Crippen molar-refractivity contribution >= 4 is 10.0 Å². The number of morpholine rings is 1. The SMILES string of the molecule is CC1CN(S(=O)(=O)c2cccnc2C#N)CCO1. The summed E-state index contributed by atoms with van der Waals surface area (Å²) in [4.78, 5) is 3.74. The van der Waals surface area contributed by atoms with Gasteiger partial charge in [0.2, 0.25) is 10.0 Å². The second-order valence-electron chi connectivity index (χ2n) is 4.01. The fourth-order valence-corrected chi connectivity index (χ4v) is 3.42. The molecular weight excluding hydrogens is 254 g/mol. The molecule has 1 aliphatic rings. The summed E-state index contributed by atoms with van der Waals surface area (Å²) >= 11 is 0. The van der Waals surface area contributed by atoms with Crippen LogP contribution in [0, 0.1) is 11.3 Å². The number of nitrogens with zero attached hydrogens (tertiary/aromatic N) is 3. The van der Waals surface area contributed by atoms with Gasteiger partial charge in [0.1, 0.15) is 11.0 Å². The highest BCUT2D eigenvalue weighted by Gasteiger charge is 2.31. The molecule has 1 aliphatic heterocycles. The highest BCUT2D eigenvalue weighted by atomic mass is 32.2. The Morgan fingerprint density at radius 3 is 3.06 bits per heavy atom. The van der Waals surface area contributed by atoms with Crippen molar-refractivity contribution in [1.82, 2.24) is 9.29 Å². The number of sulfonamides is 1. The van der Waals surface area contributed by atoms with Gasteiger partial charge in [0.25, 0.3) is 0 Å². The molecule has 0 bridgehead atoms. The lowest BCUT2D eigenvalue weighted by Crippen LogP contribution is -2.44. The van der Waals surface area contributed by atoms with Crippen LogP contribution >= 0.6 is 0 Å². The van der Waals surface area contributed by atoms with E-state index in [4.69, 9.17) is 10.00 Å². The highest BCUT2D eigenvalue weighted by molar-refractivity contribution is 7.89. The fourth-order valence-electron chi connectivity index (χ4n) is 1.83. The van der Waals surface area contributed by atoms with Crippen molar-refractivity contribution in [3.05, 3.63) is 24.0 Å². The van der Waals surface area contributed by atoms with Crippen LogP contribution in [-0.2, 0) is 14.8 Å². The van der Waals surface area contributed by atoms with Crippen molar-refractivity contribution in [2.45, 2.75) is 17.9 Å². The van der Waals surface area contributed by atoms with Gasteiger partial charge < -0.3 is 4.74 Å². The summed E-state index contributed by atoms with van der Waals surface area (Å²) in [7, 11) is -3.67. The van der Waals surface area contributed by atoms with Gasteiger partial charge in [-0.2, -0.15) is 9.57 Å². The third-order valence-electron chi connectivity index (χ3n) is 2.70. The van der Waals surface area contributed by atoms with E-state index in [-0.39, 0.29) is 16.7 Å². The molecule has 0 spiro atoms. The molecule has 1 saturated heterocycles. The molecule has 6 nitrogen and oxygen atoms in total. The van der Waals surface area contributed by atoms with E-state index < -0.39 is 10.0 Å². The summed E-state index contributed by atoms with van der Waals surface area (Å²) < 4.78 is 31.4. The summed E-state index contributed by atoms with van der Waals surface area (Å²) in [5.74, 6) is 0. The van der Waals surface area contributed by atoms with Crippen molar-refractivity contribution in [1.29, 1.82) is 5.26 Å². The maximum absolute atomic E-state index is 12.4. The monoisotopic (exact) mass is 267 g/mol. The number of hydrogen-bond donors (Lipinski definition) is 0. The summed E-state index contributed by atoms with van der Waals surface area (Å²) in [6.07, 6.45) is 1.26. The first-order chi connectivity index (χ1) is 8.55. The Kier molecular flexibility index (Phi) is 3.61. The average molecular weight is 267 g/mol. The quantitative estimate of drug-likeness (QED) is 0.772. The number of hydrogen-bond acceptors (Lipinski definition) is 5. The van der Waals surface area contributed by atoms with Gasteiger partial charge in [-0.05, 0) is 19.1 Å². The van der Waals surface area contributed by atoms with Gasteiger partial charge in [0.05, 0.1) is 12.7 Å². The molecule has 0 radical (unpaired) electrons. The van der Waals surface area contributed by atoms with Gasteiger partial charge in [-0.3, -0.25) is 0 Å². The van der Waals surface area contributed by atoms with Gasteiger partial charge in [-0.25, -0.2) is 13.4 Å². The largest absolute Gasteiger partial charge is 0.376 e. The van der Waals surface area contributed by atoms with Crippen molar-refractivity contribution in [3.63, 3.8) is 0 Å². The molecule has 0 aromatic carbocycles. The van der Waals surface area contributed by atoms with Crippen molar-refractivity contribution in [3.8, 4) is 6.07 Å². The first kappa shape index (κ1) is 13.0.